The molecule has 1 saturated heterocycles. The van der Waals surface area contributed by atoms with Crippen LogP contribution in [-0.2, 0) is 11.2 Å². The zero-order valence-electron chi connectivity index (χ0n) is 21.2. The van der Waals surface area contributed by atoms with Gasteiger partial charge in [-0.25, -0.2) is 13.2 Å². The second-order valence-electron chi connectivity index (χ2n) is 10.5. The average molecular weight is 518 g/mol. The molecule has 1 amide bonds. The lowest BCUT2D eigenvalue weighted by molar-refractivity contribution is -0.146. The van der Waals surface area contributed by atoms with Crippen LogP contribution in [0.1, 0.15) is 50.1 Å². The van der Waals surface area contributed by atoms with Crippen LogP contribution in [-0.4, -0.2) is 64.8 Å². The number of alkyl halides is 2. The Kier molecular flexibility index (Phi) is 6.68. The summed E-state index contributed by atoms with van der Waals surface area (Å²) in [5.41, 5.74) is -0.449. The molecule has 198 valence electrons. The number of carbonyl (C=O) groups is 1. The summed E-state index contributed by atoms with van der Waals surface area (Å²) in [6, 6.07) is 8.07. The number of H-pyrrole nitrogens is 1. The lowest BCUT2D eigenvalue weighted by Gasteiger charge is -2.43. The highest BCUT2D eigenvalue weighted by Crippen LogP contribution is 2.44. The molecule has 2 aliphatic rings. The number of nitrogens with one attached hydrogen (secondary N) is 1. The number of aromatic nitrogens is 1. The van der Waals surface area contributed by atoms with Gasteiger partial charge in [0.15, 0.2) is 5.67 Å². The molecule has 2 aliphatic heterocycles. The molecule has 5 rings (SSSR count). The number of benzene rings is 2. The van der Waals surface area contributed by atoms with Crippen LogP contribution < -0.4 is 4.74 Å². The van der Waals surface area contributed by atoms with Gasteiger partial charge in [0.05, 0.1) is 12.2 Å². The minimum Gasteiger partial charge on any atom is -0.488 e. The number of nitrogens with zero attached hydrogens (tertiary/aromatic N) is 2. The number of amides is 1. The van der Waals surface area contributed by atoms with Crippen molar-refractivity contribution in [2.24, 2.45) is 0 Å². The highest BCUT2D eigenvalue weighted by Gasteiger charge is 2.45. The molecule has 1 N–H and O–H groups in total. The van der Waals surface area contributed by atoms with E-state index in [-0.39, 0.29) is 17.4 Å². The van der Waals surface area contributed by atoms with E-state index in [9.17, 15) is 13.6 Å². The van der Waals surface area contributed by atoms with E-state index in [4.69, 9.17) is 4.74 Å². The van der Waals surface area contributed by atoms with E-state index in [1.54, 1.807) is 6.92 Å². The van der Waals surface area contributed by atoms with Gasteiger partial charge in [0.1, 0.15) is 29.5 Å². The first-order valence-corrected chi connectivity index (χ1v) is 12.6. The second-order valence-corrected chi connectivity index (χ2v) is 10.5. The topological polar surface area (TPSA) is 48.6 Å². The second kappa shape index (κ2) is 9.67. The van der Waals surface area contributed by atoms with Crippen molar-refractivity contribution in [2.45, 2.75) is 57.5 Å². The molecule has 0 spiro atoms. The number of carbonyl (C=O) groups excluding carboxylic acids is 1. The van der Waals surface area contributed by atoms with E-state index in [0.717, 1.165) is 42.4 Å². The van der Waals surface area contributed by atoms with Crippen molar-refractivity contribution in [1.82, 2.24) is 14.8 Å². The Hall–Kier alpha value is -3.07. The maximum Gasteiger partial charge on any atom is 0.260 e. The van der Waals surface area contributed by atoms with Gasteiger partial charge in [-0.1, -0.05) is 18.2 Å². The van der Waals surface area contributed by atoms with Crippen LogP contribution in [0.15, 0.2) is 36.4 Å². The predicted molar refractivity (Wildman–Crippen MR) is 133 cm³/mol. The molecule has 37 heavy (non-hydrogen) atoms. The molecule has 0 radical (unpaired) electrons. The molecule has 0 unspecified atom stereocenters. The highest BCUT2D eigenvalue weighted by molar-refractivity contribution is 5.89. The van der Waals surface area contributed by atoms with Gasteiger partial charge in [0.25, 0.3) is 5.91 Å². The van der Waals surface area contributed by atoms with Crippen LogP contribution in [0.3, 0.4) is 0 Å². The molecule has 3 aromatic rings. The molecular weight excluding hydrogens is 486 g/mol. The number of para-hydroxylation sites is 1. The number of hydrogen-bond donors (Lipinski definition) is 1. The lowest BCUT2D eigenvalue weighted by Crippen LogP contribution is -2.54. The zero-order chi connectivity index (χ0) is 26.5. The first-order chi connectivity index (χ1) is 17.6. The SMILES string of the molecule is C[C@@H]1Cc2c([nH]c3ccccc23)[C@@H](c2c(F)cc(OC3CN(CCCF)C3)cc2F)N1C(=O)C(C)(C)F. The number of rotatable bonds is 7. The monoisotopic (exact) mass is 517 g/mol. The number of aromatic amines is 1. The fraction of sp³-hybridized carbons (Fsp3) is 0.464. The molecule has 0 bridgehead atoms. The summed E-state index contributed by atoms with van der Waals surface area (Å²) >= 11 is 0. The van der Waals surface area contributed by atoms with Gasteiger partial charge in [0, 0.05) is 54.4 Å². The fourth-order valence-corrected chi connectivity index (χ4v) is 5.52. The summed E-state index contributed by atoms with van der Waals surface area (Å²) in [4.78, 5) is 19.8. The third-order valence-electron chi connectivity index (χ3n) is 7.28. The smallest absolute Gasteiger partial charge is 0.260 e. The summed E-state index contributed by atoms with van der Waals surface area (Å²) in [5.74, 6) is -2.54. The predicted octanol–water partition coefficient (Wildman–Crippen LogP) is 5.48. The molecule has 9 heteroatoms. The van der Waals surface area contributed by atoms with Crippen molar-refractivity contribution in [3.8, 4) is 5.75 Å². The quantitative estimate of drug-likeness (QED) is 0.423. The van der Waals surface area contributed by atoms with Crippen molar-refractivity contribution in [2.75, 3.05) is 26.3 Å². The van der Waals surface area contributed by atoms with Gasteiger partial charge in [-0.3, -0.25) is 14.1 Å². The summed E-state index contributed by atoms with van der Waals surface area (Å²) in [7, 11) is 0. The van der Waals surface area contributed by atoms with Crippen LogP contribution in [0, 0.1) is 11.6 Å². The van der Waals surface area contributed by atoms with Crippen molar-refractivity contribution in [1.29, 1.82) is 0 Å². The fourth-order valence-electron chi connectivity index (χ4n) is 5.52. The summed E-state index contributed by atoms with van der Waals surface area (Å²) in [6.45, 7) is 5.39. The van der Waals surface area contributed by atoms with Crippen LogP contribution in [0.5, 0.6) is 5.75 Å². The van der Waals surface area contributed by atoms with Gasteiger partial charge < -0.3 is 14.6 Å². The molecule has 2 atom stereocenters. The van der Waals surface area contributed by atoms with E-state index < -0.39 is 42.0 Å². The van der Waals surface area contributed by atoms with Crippen molar-refractivity contribution >= 4 is 16.8 Å². The Morgan fingerprint density at radius 3 is 2.49 bits per heavy atom. The van der Waals surface area contributed by atoms with Crippen LogP contribution in [0.2, 0.25) is 0 Å². The molecule has 2 aromatic carbocycles. The normalized spacial score (nSPS) is 20.7. The summed E-state index contributed by atoms with van der Waals surface area (Å²) in [5, 5.41) is 0.907. The number of ether oxygens (including phenoxy) is 1. The van der Waals surface area contributed by atoms with E-state index in [1.165, 1.54) is 4.90 Å². The van der Waals surface area contributed by atoms with E-state index >= 15 is 8.78 Å². The highest BCUT2D eigenvalue weighted by atomic mass is 19.1. The first kappa shape index (κ1) is 25.6. The molecule has 0 aliphatic carbocycles. The van der Waals surface area contributed by atoms with Gasteiger partial charge in [0.2, 0.25) is 0 Å². The summed E-state index contributed by atoms with van der Waals surface area (Å²) in [6.07, 6.45) is 0.609. The van der Waals surface area contributed by atoms with E-state index in [1.807, 2.05) is 29.2 Å². The number of halogens is 4. The van der Waals surface area contributed by atoms with E-state index in [2.05, 4.69) is 4.98 Å². The minimum atomic E-state index is -2.23. The third kappa shape index (κ3) is 4.69. The third-order valence-corrected chi connectivity index (χ3v) is 7.28. The number of hydrogen-bond acceptors (Lipinski definition) is 3. The first-order valence-electron chi connectivity index (χ1n) is 12.6. The Morgan fingerprint density at radius 2 is 1.84 bits per heavy atom. The number of fused-ring (bicyclic) bond motifs is 3. The maximum atomic E-state index is 15.7. The largest absolute Gasteiger partial charge is 0.488 e. The van der Waals surface area contributed by atoms with E-state index in [0.29, 0.717) is 38.2 Å². The Bertz CT molecular complexity index is 1290. The van der Waals surface area contributed by atoms with Crippen LogP contribution >= 0.6 is 0 Å². The van der Waals surface area contributed by atoms with Crippen LogP contribution in [0.25, 0.3) is 10.9 Å². The van der Waals surface area contributed by atoms with Crippen molar-refractivity contribution < 1.29 is 27.1 Å². The molecule has 3 heterocycles. The van der Waals surface area contributed by atoms with Gasteiger partial charge >= 0.3 is 0 Å². The Labute approximate surface area is 213 Å². The molecule has 0 saturated carbocycles. The van der Waals surface area contributed by atoms with Gasteiger partial charge in [-0.2, -0.15) is 0 Å². The van der Waals surface area contributed by atoms with Crippen molar-refractivity contribution in [3.63, 3.8) is 0 Å². The molecule has 1 fully saturated rings. The average Bonchev–Trinajstić information content (AvgIpc) is 3.17. The minimum absolute atomic E-state index is 0.0401. The van der Waals surface area contributed by atoms with Gasteiger partial charge in [-0.05, 0) is 45.2 Å². The Balaban J connectivity index is 1.53. The molecule has 1 aromatic heterocycles. The van der Waals surface area contributed by atoms with Crippen molar-refractivity contribution in [3.05, 3.63) is 64.9 Å². The molecular formula is C28H31F4N3O2. The molecule has 5 nitrogen and oxygen atoms in total. The van der Waals surface area contributed by atoms with Crippen LogP contribution in [0.4, 0.5) is 17.6 Å². The van der Waals surface area contributed by atoms with Gasteiger partial charge in [-0.15, -0.1) is 0 Å². The standard InChI is InChI=1S/C28H31F4N3O2/c1-16-11-20-19-7-4-5-8-23(19)33-25(20)26(35(16)27(36)28(2,3)32)24-21(30)12-17(13-22(24)31)37-18-14-34(15-18)10-6-9-29/h4-5,7-8,12-13,16,18,26,33H,6,9-11,14-15H2,1-3H3/t16-,26-/m1/s1. The Morgan fingerprint density at radius 1 is 1.16 bits per heavy atom. The zero-order valence-corrected chi connectivity index (χ0v) is 21.2. The number of likely N-dealkylation sites (tertiary alicyclic amines) is 1. The lowest BCUT2D eigenvalue weighted by atomic mass is 9.87. The maximum absolute atomic E-state index is 15.7. The summed E-state index contributed by atoms with van der Waals surface area (Å²) < 4.78 is 64.5.